The highest BCUT2D eigenvalue weighted by atomic mass is 31.0. The highest BCUT2D eigenvalue weighted by molar-refractivity contribution is 7.18. The molecule has 3 unspecified atom stereocenters. The van der Waals surface area contributed by atoms with Crippen LogP contribution in [0.15, 0.2) is 88.5 Å². The minimum absolute atomic E-state index is 0.0569. The number of alkyl halides is 2. The first-order valence-electron chi connectivity index (χ1n) is 11.4. The largest absolute Gasteiger partial charge is 0.478 e. The minimum Gasteiger partial charge on any atom is -0.478 e. The maximum atomic E-state index is 14.9. The fourth-order valence-electron chi connectivity index (χ4n) is 4.10. The van der Waals surface area contributed by atoms with Gasteiger partial charge in [0.05, 0.1) is 11.3 Å². The zero-order chi connectivity index (χ0) is 24.9. The number of carbonyl (C=O) groups is 1. The van der Waals surface area contributed by atoms with Gasteiger partial charge in [0.1, 0.15) is 18.0 Å². The SMILES string of the molecule is C=C1C=C(C2=CCCCC2)N=C2C(C(NC3NC=CC=C3C(=O)O)C(F)(F)P)=CC=CN12.CC. The zero-order valence-electron chi connectivity index (χ0n) is 19.4. The number of rotatable bonds is 6. The van der Waals surface area contributed by atoms with Gasteiger partial charge in [-0.25, -0.2) is 18.6 Å². The lowest BCUT2D eigenvalue weighted by atomic mass is 9.94. The van der Waals surface area contributed by atoms with Crippen molar-refractivity contribution in [3.63, 3.8) is 0 Å². The summed E-state index contributed by atoms with van der Waals surface area (Å²) in [5, 5.41) is 15.1. The number of aliphatic carboxylic acids is 1. The molecule has 3 N–H and O–H groups in total. The van der Waals surface area contributed by atoms with Crippen molar-refractivity contribution in [3.05, 3.63) is 83.5 Å². The number of allylic oxidation sites excluding steroid dienone is 7. The molecule has 9 heteroatoms. The number of nitrogens with zero attached hydrogens (tertiary/aromatic N) is 2. The lowest BCUT2D eigenvalue weighted by Crippen LogP contribution is -2.56. The average molecular weight is 489 g/mol. The van der Waals surface area contributed by atoms with E-state index < -0.39 is 23.8 Å². The second-order valence-electron chi connectivity index (χ2n) is 7.93. The third-order valence-electron chi connectivity index (χ3n) is 5.68. The third kappa shape index (κ3) is 5.62. The molecule has 6 nitrogen and oxygen atoms in total. The molecule has 0 bridgehead atoms. The normalized spacial score (nSPS) is 22.6. The number of nitrogens with one attached hydrogen (secondary N) is 2. The Morgan fingerprint density at radius 3 is 2.76 bits per heavy atom. The summed E-state index contributed by atoms with van der Waals surface area (Å²) in [5.74, 6) is -0.838. The average Bonchev–Trinajstić information content (AvgIpc) is 2.83. The Hall–Kier alpha value is -2.83. The molecule has 0 saturated heterocycles. The quantitative estimate of drug-likeness (QED) is 0.461. The predicted octanol–water partition coefficient (Wildman–Crippen LogP) is 4.96. The fraction of sp³-hybridized carbons (Fsp3) is 0.360. The first-order chi connectivity index (χ1) is 16.3. The summed E-state index contributed by atoms with van der Waals surface area (Å²) in [6, 6.07) is -1.53. The number of halogens is 2. The Bertz CT molecular complexity index is 1050. The van der Waals surface area contributed by atoms with Gasteiger partial charge in [0.25, 0.3) is 5.66 Å². The number of hydrogen-bond donors (Lipinski definition) is 3. The molecule has 3 aliphatic heterocycles. The lowest BCUT2D eigenvalue weighted by molar-refractivity contribution is -0.133. The van der Waals surface area contributed by atoms with E-state index in [2.05, 4.69) is 23.3 Å². The summed E-state index contributed by atoms with van der Waals surface area (Å²) in [4.78, 5) is 18.0. The smallest absolute Gasteiger partial charge is 0.335 e. The van der Waals surface area contributed by atoms with Crippen LogP contribution in [0.25, 0.3) is 0 Å². The van der Waals surface area contributed by atoms with Crippen LogP contribution in [0.3, 0.4) is 0 Å². The molecule has 0 aromatic rings. The summed E-state index contributed by atoms with van der Waals surface area (Å²) < 4.78 is 29.7. The Balaban J connectivity index is 0.00000158. The Kier molecular flexibility index (Phi) is 8.39. The molecule has 3 heterocycles. The molecule has 0 saturated carbocycles. The van der Waals surface area contributed by atoms with Crippen molar-refractivity contribution in [1.82, 2.24) is 15.5 Å². The van der Waals surface area contributed by atoms with Gasteiger partial charge in [0, 0.05) is 17.5 Å². The van der Waals surface area contributed by atoms with Gasteiger partial charge in [-0.1, -0.05) is 41.8 Å². The molecule has 0 radical (unpaired) electrons. The number of fused-ring (bicyclic) bond motifs is 1. The molecule has 0 spiro atoms. The van der Waals surface area contributed by atoms with E-state index in [4.69, 9.17) is 4.99 Å². The van der Waals surface area contributed by atoms with Gasteiger partial charge in [0.2, 0.25) is 0 Å². The Morgan fingerprint density at radius 2 is 2.12 bits per heavy atom. The van der Waals surface area contributed by atoms with Crippen molar-refractivity contribution in [2.45, 2.75) is 57.4 Å². The first kappa shape index (κ1) is 25.8. The van der Waals surface area contributed by atoms with Crippen molar-refractivity contribution in [1.29, 1.82) is 0 Å². The van der Waals surface area contributed by atoms with Crippen LogP contribution in [0.4, 0.5) is 8.78 Å². The highest BCUT2D eigenvalue weighted by Gasteiger charge is 2.43. The van der Waals surface area contributed by atoms with Crippen molar-refractivity contribution >= 4 is 21.0 Å². The maximum Gasteiger partial charge on any atom is 0.335 e. The molecule has 0 aromatic carbocycles. The third-order valence-corrected chi connectivity index (χ3v) is 6.01. The standard InChI is InChI=1S/C23H25F2N4O2P.C2H6/c1-14-13-18(15-7-3-2-4-8-15)27-21-16(10-6-12-29(14)21)19(23(24,25)32)28-20-17(22(30)31)9-5-11-26-20;1-2/h5-7,9-13,19-20,26,28H,1-4,8,32H2,(H,30,31);1-2H3. The molecular formula is C25H31F2N4O2P. The van der Waals surface area contributed by atoms with Crippen LogP contribution in [0.2, 0.25) is 0 Å². The van der Waals surface area contributed by atoms with E-state index in [0.717, 1.165) is 37.0 Å². The highest BCUT2D eigenvalue weighted by Crippen LogP contribution is 2.37. The molecule has 0 fully saturated rings. The zero-order valence-corrected chi connectivity index (χ0v) is 20.5. The van der Waals surface area contributed by atoms with Crippen LogP contribution < -0.4 is 10.6 Å². The van der Waals surface area contributed by atoms with Gasteiger partial charge >= 0.3 is 5.97 Å². The summed E-state index contributed by atoms with van der Waals surface area (Å²) in [6.07, 6.45) is 16.4. The minimum atomic E-state index is -3.29. The number of aliphatic imine (C=N–C) groups is 1. The van der Waals surface area contributed by atoms with E-state index in [1.54, 1.807) is 32.5 Å². The topological polar surface area (TPSA) is 77.0 Å². The fourth-order valence-corrected chi connectivity index (χ4v) is 4.37. The van der Waals surface area contributed by atoms with E-state index in [-0.39, 0.29) is 11.1 Å². The molecule has 3 atom stereocenters. The molecule has 0 amide bonds. The molecule has 1 aliphatic carbocycles. The van der Waals surface area contributed by atoms with Crippen molar-refractivity contribution in [3.8, 4) is 0 Å². The number of dihydropyridines is 1. The van der Waals surface area contributed by atoms with Gasteiger partial charge in [-0.2, -0.15) is 0 Å². The van der Waals surface area contributed by atoms with Crippen LogP contribution in [0.1, 0.15) is 39.5 Å². The van der Waals surface area contributed by atoms with Crippen LogP contribution in [-0.2, 0) is 4.79 Å². The van der Waals surface area contributed by atoms with E-state index in [1.165, 1.54) is 18.4 Å². The molecule has 4 aliphatic rings. The Labute approximate surface area is 201 Å². The van der Waals surface area contributed by atoms with Gasteiger partial charge < -0.3 is 15.3 Å². The maximum absolute atomic E-state index is 14.9. The number of carboxylic acid groups (broad SMARTS) is 1. The number of amidine groups is 1. The van der Waals surface area contributed by atoms with E-state index in [1.807, 2.05) is 19.9 Å². The van der Waals surface area contributed by atoms with Gasteiger partial charge in [-0.15, -0.1) is 0 Å². The summed E-state index contributed by atoms with van der Waals surface area (Å²) in [6.45, 7) is 8.09. The predicted molar refractivity (Wildman–Crippen MR) is 135 cm³/mol. The molecule has 34 heavy (non-hydrogen) atoms. The number of carboxylic acids is 1. The molecule has 182 valence electrons. The molecular weight excluding hydrogens is 457 g/mol. The molecule has 0 aromatic heterocycles. The summed E-state index contributed by atoms with van der Waals surface area (Å²) >= 11 is 0. The van der Waals surface area contributed by atoms with Gasteiger partial charge in [0.15, 0.2) is 0 Å². The van der Waals surface area contributed by atoms with E-state index in [9.17, 15) is 18.7 Å². The van der Waals surface area contributed by atoms with E-state index in [0.29, 0.717) is 11.5 Å². The lowest BCUT2D eigenvalue weighted by Gasteiger charge is -2.37. The second-order valence-corrected chi connectivity index (χ2v) is 8.69. The van der Waals surface area contributed by atoms with Crippen molar-refractivity contribution in [2.24, 2.45) is 4.99 Å². The van der Waals surface area contributed by atoms with Crippen LogP contribution in [0.5, 0.6) is 0 Å². The van der Waals surface area contributed by atoms with Crippen molar-refractivity contribution in [2.75, 3.05) is 0 Å². The van der Waals surface area contributed by atoms with Crippen molar-refractivity contribution < 1.29 is 18.7 Å². The van der Waals surface area contributed by atoms with E-state index >= 15 is 0 Å². The second kappa shape index (κ2) is 11.1. The first-order valence-corrected chi connectivity index (χ1v) is 12.0. The Morgan fingerprint density at radius 1 is 1.35 bits per heavy atom. The van der Waals surface area contributed by atoms with Gasteiger partial charge in [-0.3, -0.25) is 5.32 Å². The van der Waals surface area contributed by atoms with Crippen LogP contribution in [-0.4, -0.2) is 39.7 Å². The van der Waals surface area contributed by atoms with Crippen LogP contribution >= 0.6 is 9.24 Å². The van der Waals surface area contributed by atoms with Crippen LogP contribution in [0, 0.1) is 0 Å². The molecule has 4 rings (SSSR count). The number of hydrogen-bond acceptors (Lipinski definition) is 5. The monoisotopic (exact) mass is 488 g/mol. The summed E-state index contributed by atoms with van der Waals surface area (Å²) in [5.41, 5.74) is -0.637. The van der Waals surface area contributed by atoms with Gasteiger partial charge in [-0.05, 0) is 61.8 Å². The summed E-state index contributed by atoms with van der Waals surface area (Å²) in [7, 11) is 1.56.